The molecule has 0 saturated carbocycles. The lowest BCUT2D eigenvalue weighted by atomic mass is 10.2. The monoisotopic (exact) mass is 241 g/mol. The second kappa shape index (κ2) is 4.79. The minimum atomic E-state index is -2.79. The van der Waals surface area contributed by atoms with Crippen LogP contribution in [0, 0.1) is 0 Å². The van der Waals surface area contributed by atoms with Gasteiger partial charge in [0.15, 0.2) is 9.84 Å². The van der Waals surface area contributed by atoms with Crippen LogP contribution >= 0.6 is 12.4 Å². The maximum Gasteiger partial charge on any atom is 0.153 e. The molecule has 0 aromatic rings. The molecule has 2 aliphatic heterocycles. The summed E-state index contributed by atoms with van der Waals surface area (Å²) in [4.78, 5) is 0. The second-order valence-corrected chi connectivity index (χ2v) is 6.08. The van der Waals surface area contributed by atoms with E-state index in [-0.39, 0.29) is 23.9 Å². The molecule has 6 heteroatoms. The van der Waals surface area contributed by atoms with E-state index in [1.54, 1.807) is 0 Å². The molecular weight excluding hydrogens is 226 g/mol. The highest BCUT2D eigenvalue weighted by molar-refractivity contribution is 7.92. The van der Waals surface area contributed by atoms with Crippen LogP contribution in [0.15, 0.2) is 0 Å². The van der Waals surface area contributed by atoms with Gasteiger partial charge in [-0.15, -0.1) is 12.4 Å². The van der Waals surface area contributed by atoms with E-state index in [0.717, 1.165) is 19.4 Å². The normalized spacial score (nSPS) is 35.4. The summed E-state index contributed by atoms with van der Waals surface area (Å²) in [5.74, 6) is 0.365. The number of sulfone groups is 1. The van der Waals surface area contributed by atoms with Crippen molar-refractivity contribution in [2.75, 3.05) is 18.9 Å². The van der Waals surface area contributed by atoms with Crippen molar-refractivity contribution in [3.05, 3.63) is 0 Å². The first-order valence-electron chi connectivity index (χ1n) is 4.75. The molecule has 84 valence electrons. The average molecular weight is 242 g/mol. The Morgan fingerprint density at radius 1 is 1.43 bits per heavy atom. The third-order valence-electron chi connectivity index (χ3n) is 2.73. The van der Waals surface area contributed by atoms with Gasteiger partial charge in [-0.1, -0.05) is 0 Å². The van der Waals surface area contributed by atoms with Crippen LogP contribution in [-0.4, -0.2) is 38.8 Å². The minimum absolute atomic E-state index is 0. The minimum Gasteiger partial charge on any atom is -0.362 e. The molecular formula is C8H16ClNO3S. The summed E-state index contributed by atoms with van der Waals surface area (Å²) in [5.41, 5.74) is 0. The summed E-state index contributed by atoms with van der Waals surface area (Å²) in [7, 11) is -2.79. The Kier molecular flexibility index (Phi) is 4.18. The van der Waals surface area contributed by atoms with Crippen LogP contribution in [0.1, 0.15) is 19.3 Å². The number of rotatable bonds is 2. The van der Waals surface area contributed by atoms with Crippen molar-refractivity contribution in [1.82, 2.24) is 5.32 Å². The predicted octanol–water partition coefficient (Wildman–Crippen LogP) is 0.321. The quantitative estimate of drug-likeness (QED) is 0.757. The van der Waals surface area contributed by atoms with E-state index in [1.807, 2.05) is 0 Å². The summed E-state index contributed by atoms with van der Waals surface area (Å²) in [6.07, 6.45) is 2.23. The first-order chi connectivity index (χ1) is 6.18. The topological polar surface area (TPSA) is 55.4 Å². The molecule has 2 fully saturated rings. The lowest BCUT2D eigenvalue weighted by molar-refractivity contribution is 0.0932. The standard InChI is InChI=1S/C8H15NO3S.ClH/c10-13(11)5-1-2-7(13)6-8-9-3-4-12-8;/h7-9H,1-6H2;1H. The Balaban J connectivity index is 0.000000980. The molecule has 0 aromatic heterocycles. The van der Waals surface area contributed by atoms with Crippen LogP contribution < -0.4 is 5.32 Å². The van der Waals surface area contributed by atoms with Crippen LogP contribution in [0.3, 0.4) is 0 Å². The van der Waals surface area contributed by atoms with Crippen molar-refractivity contribution >= 4 is 22.2 Å². The molecule has 4 nitrogen and oxygen atoms in total. The largest absolute Gasteiger partial charge is 0.362 e. The molecule has 2 heterocycles. The molecule has 2 rings (SSSR count). The summed E-state index contributed by atoms with van der Waals surface area (Å²) in [5, 5.41) is 2.97. The molecule has 2 atom stereocenters. The predicted molar refractivity (Wildman–Crippen MR) is 56.4 cm³/mol. The summed E-state index contributed by atoms with van der Waals surface area (Å²) in [6.45, 7) is 1.55. The van der Waals surface area contributed by atoms with E-state index in [1.165, 1.54) is 0 Å². The van der Waals surface area contributed by atoms with E-state index in [4.69, 9.17) is 4.74 Å². The smallest absolute Gasteiger partial charge is 0.153 e. The van der Waals surface area contributed by atoms with Crippen molar-refractivity contribution in [3.8, 4) is 0 Å². The van der Waals surface area contributed by atoms with Gasteiger partial charge in [0, 0.05) is 13.0 Å². The van der Waals surface area contributed by atoms with E-state index in [9.17, 15) is 8.42 Å². The van der Waals surface area contributed by atoms with Gasteiger partial charge in [0.25, 0.3) is 0 Å². The maximum absolute atomic E-state index is 11.5. The van der Waals surface area contributed by atoms with Crippen molar-refractivity contribution in [1.29, 1.82) is 0 Å². The van der Waals surface area contributed by atoms with E-state index >= 15 is 0 Å². The number of halogens is 1. The van der Waals surface area contributed by atoms with Gasteiger partial charge in [-0.25, -0.2) is 8.42 Å². The molecule has 0 bridgehead atoms. The zero-order chi connectivity index (χ0) is 9.31. The Morgan fingerprint density at radius 2 is 2.21 bits per heavy atom. The van der Waals surface area contributed by atoms with E-state index < -0.39 is 9.84 Å². The van der Waals surface area contributed by atoms with Crippen molar-refractivity contribution in [2.45, 2.75) is 30.7 Å². The fraction of sp³-hybridized carbons (Fsp3) is 1.00. The molecule has 1 N–H and O–H groups in total. The fourth-order valence-electron chi connectivity index (χ4n) is 1.99. The number of hydrogen-bond donors (Lipinski definition) is 1. The Bertz CT molecular complexity index is 274. The molecule has 2 saturated heterocycles. The highest BCUT2D eigenvalue weighted by Crippen LogP contribution is 2.24. The zero-order valence-electron chi connectivity index (χ0n) is 7.94. The molecule has 0 spiro atoms. The average Bonchev–Trinajstić information content (AvgIpc) is 2.63. The molecule has 2 aliphatic rings. The third kappa shape index (κ3) is 2.59. The Labute approximate surface area is 90.7 Å². The van der Waals surface area contributed by atoms with Crippen LogP contribution in [0.5, 0.6) is 0 Å². The SMILES string of the molecule is Cl.O=S1(=O)CCCC1CC1NCCO1. The van der Waals surface area contributed by atoms with Gasteiger partial charge < -0.3 is 4.74 Å². The Hall–Kier alpha value is 0.160. The van der Waals surface area contributed by atoms with Crippen molar-refractivity contribution < 1.29 is 13.2 Å². The van der Waals surface area contributed by atoms with E-state index in [2.05, 4.69) is 5.32 Å². The van der Waals surface area contributed by atoms with Gasteiger partial charge >= 0.3 is 0 Å². The zero-order valence-corrected chi connectivity index (χ0v) is 9.57. The van der Waals surface area contributed by atoms with Gasteiger partial charge in [0.05, 0.1) is 17.6 Å². The van der Waals surface area contributed by atoms with Crippen LogP contribution in [0.4, 0.5) is 0 Å². The van der Waals surface area contributed by atoms with Gasteiger partial charge in [0.1, 0.15) is 6.23 Å². The molecule has 0 aliphatic carbocycles. The third-order valence-corrected chi connectivity index (χ3v) is 5.03. The first kappa shape index (κ1) is 12.2. The van der Waals surface area contributed by atoms with Crippen LogP contribution in [0.2, 0.25) is 0 Å². The molecule has 0 amide bonds. The summed E-state index contributed by atoms with van der Waals surface area (Å²) >= 11 is 0. The number of ether oxygens (including phenoxy) is 1. The first-order valence-corrected chi connectivity index (χ1v) is 6.46. The highest BCUT2D eigenvalue weighted by atomic mass is 35.5. The van der Waals surface area contributed by atoms with Gasteiger partial charge in [-0.05, 0) is 12.8 Å². The van der Waals surface area contributed by atoms with Crippen LogP contribution in [0.25, 0.3) is 0 Å². The number of hydrogen-bond acceptors (Lipinski definition) is 4. The van der Waals surface area contributed by atoms with Crippen molar-refractivity contribution in [3.63, 3.8) is 0 Å². The number of nitrogens with one attached hydrogen (secondary N) is 1. The van der Waals surface area contributed by atoms with Gasteiger partial charge in [-0.3, -0.25) is 5.32 Å². The lowest BCUT2D eigenvalue weighted by Gasteiger charge is -2.14. The summed E-state index contributed by atoms with van der Waals surface area (Å²) < 4.78 is 28.3. The molecule has 14 heavy (non-hydrogen) atoms. The van der Waals surface area contributed by atoms with Crippen molar-refractivity contribution in [2.24, 2.45) is 0 Å². The van der Waals surface area contributed by atoms with E-state index in [0.29, 0.717) is 18.8 Å². The van der Waals surface area contributed by atoms with Gasteiger partial charge in [0.2, 0.25) is 0 Å². The van der Waals surface area contributed by atoms with Gasteiger partial charge in [-0.2, -0.15) is 0 Å². The Morgan fingerprint density at radius 3 is 2.71 bits per heavy atom. The summed E-state index contributed by atoms with van der Waals surface area (Å²) in [6, 6.07) is 0. The maximum atomic E-state index is 11.5. The second-order valence-electron chi connectivity index (χ2n) is 3.68. The highest BCUT2D eigenvalue weighted by Gasteiger charge is 2.34. The fourth-order valence-corrected chi connectivity index (χ4v) is 3.89. The van der Waals surface area contributed by atoms with Crippen LogP contribution in [-0.2, 0) is 14.6 Å². The molecule has 2 unspecified atom stereocenters. The molecule has 0 aromatic carbocycles. The lowest BCUT2D eigenvalue weighted by Crippen LogP contribution is -2.30. The molecule has 0 radical (unpaired) electrons.